The summed E-state index contributed by atoms with van der Waals surface area (Å²) in [6.07, 6.45) is 2.65. The molecule has 0 aromatic rings. The van der Waals surface area contributed by atoms with E-state index in [0.717, 1.165) is 25.7 Å². The van der Waals surface area contributed by atoms with E-state index >= 15 is 0 Å². The lowest BCUT2D eigenvalue weighted by molar-refractivity contribution is 0.0779. The van der Waals surface area contributed by atoms with Gasteiger partial charge >= 0.3 is 0 Å². The minimum absolute atomic E-state index is 0.174. The molecule has 3 nitrogen and oxygen atoms in total. The summed E-state index contributed by atoms with van der Waals surface area (Å²) in [6.45, 7) is 7.41. The van der Waals surface area contributed by atoms with Gasteiger partial charge in [0.05, 0.1) is 6.10 Å². The van der Waals surface area contributed by atoms with E-state index in [1.54, 1.807) is 0 Å². The highest BCUT2D eigenvalue weighted by atomic mass is 16.3. The van der Waals surface area contributed by atoms with Crippen molar-refractivity contribution in [3.8, 4) is 0 Å². The topological polar surface area (TPSA) is 26.7 Å². The van der Waals surface area contributed by atoms with Crippen molar-refractivity contribution in [3.63, 3.8) is 0 Å². The second-order valence-electron chi connectivity index (χ2n) is 4.42. The van der Waals surface area contributed by atoms with Crippen LogP contribution in [0, 0.1) is 0 Å². The van der Waals surface area contributed by atoms with E-state index in [2.05, 4.69) is 9.80 Å². The Morgan fingerprint density at radius 3 is 2.31 bits per heavy atom. The molecule has 2 rings (SSSR count). The molecule has 1 aliphatic heterocycles. The van der Waals surface area contributed by atoms with Crippen molar-refractivity contribution in [2.24, 2.45) is 0 Å². The molecule has 0 spiro atoms. The fraction of sp³-hybridized carbons (Fsp3) is 1.00. The van der Waals surface area contributed by atoms with Gasteiger partial charge in [0.1, 0.15) is 0 Å². The lowest BCUT2D eigenvalue weighted by Crippen LogP contribution is -2.48. The van der Waals surface area contributed by atoms with Crippen LogP contribution >= 0.6 is 0 Å². The van der Waals surface area contributed by atoms with Gasteiger partial charge in [-0.15, -0.1) is 0 Å². The number of rotatable bonds is 3. The van der Waals surface area contributed by atoms with Gasteiger partial charge in [-0.25, -0.2) is 0 Å². The van der Waals surface area contributed by atoms with Gasteiger partial charge in [-0.05, 0) is 19.8 Å². The normalized spacial score (nSPS) is 29.1. The van der Waals surface area contributed by atoms with E-state index in [-0.39, 0.29) is 6.10 Å². The average molecular weight is 184 g/mol. The second-order valence-corrected chi connectivity index (χ2v) is 4.42. The van der Waals surface area contributed by atoms with Crippen LogP contribution in [-0.2, 0) is 0 Å². The molecule has 0 aromatic heterocycles. The highest BCUT2D eigenvalue weighted by Gasteiger charge is 2.31. The molecule has 0 aromatic carbocycles. The smallest absolute Gasteiger partial charge is 0.0639 e. The van der Waals surface area contributed by atoms with E-state index in [0.29, 0.717) is 0 Å². The van der Waals surface area contributed by atoms with Crippen molar-refractivity contribution >= 4 is 0 Å². The maximum atomic E-state index is 9.24. The molecule has 0 radical (unpaired) electrons. The van der Waals surface area contributed by atoms with Crippen molar-refractivity contribution in [2.45, 2.75) is 31.9 Å². The molecule has 76 valence electrons. The molecular weight excluding hydrogens is 164 g/mol. The molecule has 1 unspecified atom stereocenters. The Kier molecular flexibility index (Phi) is 2.86. The zero-order valence-corrected chi connectivity index (χ0v) is 8.45. The van der Waals surface area contributed by atoms with Gasteiger partial charge in [0.15, 0.2) is 0 Å². The number of hydrogen-bond donors (Lipinski definition) is 1. The van der Waals surface area contributed by atoms with Gasteiger partial charge < -0.3 is 5.11 Å². The first kappa shape index (κ1) is 9.44. The van der Waals surface area contributed by atoms with Crippen molar-refractivity contribution < 1.29 is 5.11 Å². The summed E-state index contributed by atoms with van der Waals surface area (Å²) < 4.78 is 0. The van der Waals surface area contributed by atoms with Gasteiger partial charge in [-0.3, -0.25) is 9.80 Å². The predicted molar refractivity (Wildman–Crippen MR) is 52.7 cm³/mol. The summed E-state index contributed by atoms with van der Waals surface area (Å²) in [5.74, 6) is 0. The molecule has 2 fully saturated rings. The Labute approximate surface area is 80.3 Å². The number of β-amino-alcohol motifs (C(OH)–C–C–N with tert-alkyl or cyclic N) is 1. The fourth-order valence-corrected chi connectivity index (χ4v) is 2.12. The van der Waals surface area contributed by atoms with Crippen LogP contribution in [0.4, 0.5) is 0 Å². The summed E-state index contributed by atoms with van der Waals surface area (Å²) in [5.41, 5.74) is 0. The summed E-state index contributed by atoms with van der Waals surface area (Å²) in [7, 11) is 0. The van der Waals surface area contributed by atoms with Gasteiger partial charge in [0.25, 0.3) is 0 Å². The van der Waals surface area contributed by atoms with Crippen LogP contribution < -0.4 is 0 Å². The molecule has 13 heavy (non-hydrogen) atoms. The van der Waals surface area contributed by atoms with E-state index in [1.807, 2.05) is 6.92 Å². The molecule has 3 heteroatoms. The zero-order valence-electron chi connectivity index (χ0n) is 8.45. The summed E-state index contributed by atoms with van der Waals surface area (Å²) in [4.78, 5) is 4.96. The molecule has 1 N–H and O–H groups in total. The Bertz CT molecular complexity index is 160. The number of piperazine rings is 1. The summed E-state index contributed by atoms with van der Waals surface area (Å²) >= 11 is 0. The number of hydrogen-bond acceptors (Lipinski definition) is 3. The highest BCUT2D eigenvalue weighted by molar-refractivity contribution is 4.87. The first-order chi connectivity index (χ1) is 6.25. The Balaban J connectivity index is 1.69. The SMILES string of the molecule is CC(O)CN1CCN(C2CC2)CC1. The molecule has 1 aliphatic carbocycles. The van der Waals surface area contributed by atoms with Gasteiger partial charge in [0.2, 0.25) is 0 Å². The van der Waals surface area contributed by atoms with Crippen LogP contribution in [-0.4, -0.2) is 59.8 Å². The van der Waals surface area contributed by atoms with Crippen molar-refractivity contribution in [3.05, 3.63) is 0 Å². The van der Waals surface area contributed by atoms with E-state index < -0.39 is 0 Å². The number of aliphatic hydroxyl groups excluding tert-OH is 1. The van der Waals surface area contributed by atoms with Crippen LogP contribution in [0.2, 0.25) is 0 Å². The maximum Gasteiger partial charge on any atom is 0.0639 e. The highest BCUT2D eigenvalue weighted by Crippen LogP contribution is 2.27. The standard InChI is InChI=1S/C10H20N2O/c1-9(13)8-11-4-6-12(7-5-11)10-2-3-10/h9-10,13H,2-8H2,1H3. The van der Waals surface area contributed by atoms with Crippen LogP contribution in [0.3, 0.4) is 0 Å². The largest absolute Gasteiger partial charge is 0.392 e. The Hall–Kier alpha value is -0.120. The molecule has 2 aliphatic rings. The maximum absolute atomic E-state index is 9.24. The lowest BCUT2D eigenvalue weighted by Gasteiger charge is -2.35. The van der Waals surface area contributed by atoms with Gasteiger partial charge in [0, 0.05) is 38.8 Å². The van der Waals surface area contributed by atoms with Gasteiger partial charge in [-0.2, -0.15) is 0 Å². The molecule has 1 saturated heterocycles. The Morgan fingerprint density at radius 1 is 1.23 bits per heavy atom. The first-order valence-corrected chi connectivity index (χ1v) is 5.40. The van der Waals surface area contributed by atoms with Crippen molar-refractivity contribution in [1.29, 1.82) is 0 Å². The van der Waals surface area contributed by atoms with E-state index in [4.69, 9.17) is 0 Å². The quantitative estimate of drug-likeness (QED) is 0.676. The lowest BCUT2D eigenvalue weighted by atomic mass is 10.3. The predicted octanol–water partition coefficient (Wildman–Crippen LogP) is 0.147. The molecule has 0 bridgehead atoms. The van der Waals surface area contributed by atoms with Crippen molar-refractivity contribution in [2.75, 3.05) is 32.7 Å². The Morgan fingerprint density at radius 2 is 1.85 bits per heavy atom. The monoisotopic (exact) mass is 184 g/mol. The van der Waals surface area contributed by atoms with Gasteiger partial charge in [-0.1, -0.05) is 0 Å². The number of nitrogens with zero attached hydrogens (tertiary/aromatic N) is 2. The first-order valence-electron chi connectivity index (χ1n) is 5.40. The third-order valence-corrected chi connectivity index (χ3v) is 2.99. The molecule has 1 heterocycles. The van der Waals surface area contributed by atoms with E-state index in [9.17, 15) is 5.11 Å². The minimum atomic E-state index is -0.174. The third-order valence-electron chi connectivity index (χ3n) is 2.99. The fourth-order valence-electron chi connectivity index (χ4n) is 2.12. The summed E-state index contributed by atoms with van der Waals surface area (Å²) in [6, 6.07) is 0.911. The van der Waals surface area contributed by atoms with E-state index in [1.165, 1.54) is 25.9 Å². The van der Waals surface area contributed by atoms with Crippen LogP contribution in [0.5, 0.6) is 0 Å². The molecular formula is C10H20N2O. The molecule has 1 saturated carbocycles. The molecule has 0 amide bonds. The number of aliphatic hydroxyl groups is 1. The van der Waals surface area contributed by atoms with Crippen LogP contribution in [0.15, 0.2) is 0 Å². The minimum Gasteiger partial charge on any atom is -0.392 e. The third kappa shape index (κ3) is 2.66. The molecule has 1 atom stereocenters. The average Bonchev–Trinajstić information content (AvgIpc) is 2.87. The van der Waals surface area contributed by atoms with Crippen LogP contribution in [0.25, 0.3) is 0 Å². The second kappa shape index (κ2) is 3.95. The van der Waals surface area contributed by atoms with Crippen molar-refractivity contribution in [1.82, 2.24) is 9.80 Å². The summed E-state index contributed by atoms with van der Waals surface area (Å²) in [5, 5.41) is 9.24. The zero-order chi connectivity index (χ0) is 9.26. The van der Waals surface area contributed by atoms with Crippen LogP contribution in [0.1, 0.15) is 19.8 Å².